The molecule has 0 N–H and O–H groups in total. The molecule has 0 atom stereocenters. The lowest BCUT2D eigenvalue weighted by atomic mass is 10.0. The fourth-order valence-electron chi connectivity index (χ4n) is 3.06. The Morgan fingerprint density at radius 3 is 2.86 bits per heavy atom. The highest BCUT2D eigenvalue weighted by Gasteiger charge is 2.25. The standard InChI is InChI=1S/C17H16NO2S/c1-19-15-4-3-12-9-14-17-11(6-8-21-17)5-7-18(14)10-13(12)16(15)20-2/h3-4,6,8-10H,5,7H2,1-2H3/q+1. The minimum atomic E-state index is 0.776. The summed E-state index contributed by atoms with van der Waals surface area (Å²) in [5, 5.41) is 4.46. The second-order valence-corrected chi connectivity index (χ2v) is 6.10. The summed E-state index contributed by atoms with van der Waals surface area (Å²) < 4.78 is 13.3. The van der Waals surface area contributed by atoms with Crippen molar-refractivity contribution in [3.8, 4) is 22.1 Å². The van der Waals surface area contributed by atoms with Crippen LogP contribution in [0, 0.1) is 0 Å². The molecular weight excluding hydrogens is 282 g/mol. The molecule has 3 nitrogen and oxygen atoms in total. The Morgan fingerprint density at radius 2 is 2.05 bits per heavy atom. The average Bonchev–Trinajstić information content (AvgIpc) is 3.00. The van der Waals surface area contributed by atoms with Crippen LogP contribution in [0.3, 0.4) is 0 Å². The molecule has 0 saturated heterocycles. The Hall–Kier alpha value is -2.07. The zero-order valence-corrected chi connectivity index (χ0v) is 12.9. The van der Waals surface area contributed by atoms with Crippen LogP contribution in [-0.4, -0.2) is 14.2 Å². The number of ether oxygens (including phenoxy) is 2. The summed E-state index contributed by atoms with van der Waals surface area (Å²) in [6, 6.07) is 8.56. The van der Waals surface area contributed by atoms with Gasteiger partial charge in [0.15, 0.2) is 24.2 Å². The van der Waals surface area contributed by atoms with E-state index in [0.717, 1.165) is 29.9 Å². The molecule has 0 aliphatic carbocycles. The van der Waals surface area contributed by atoms with Crippen LogP contribution in [0.2, 0.25) is 0 Å². The van der Waals surface area contributed by atoms with E-state index in [2.05, 4.69) is 34.3 Å². The van der Waals surface area contributed by atoms with Crippen LogP contribution < -0.4 is 14.0 Å². The zero-order valence-electron chi connectivity index (χ0n) is 12.1. The van der Waals surface area contributed by atoms with Crippen LogP contribution in [0.15, 0.2) is 35.8 Å². The fourth-order valence-corrected chi connectivity index (χ4v) is 4.05. The monoisotopic (exact) mass is 298 g/mol. The van der Waals surface area contributed by atoms with E-state index in [4.69, 9.17) is 9.47 Å². The van der Waals surface area contributed by atoms with Crippen LogP contribution in [0.5, 0.6) is 11.5 Å². The number of hydrogen-bond donors (Lipinski definition) is 0. The third-order valence-electron chi connectivity index (χ3n) is 4.11. The normalized spacial score (nSPS) is 12.9. The maximum Gasteiger partial charge on any atom is 0.223 e. The van der Waals surface area contributed by atoms with Gasteiger partial charge in [0.05, 0.1) is 19.6 Å². The molecule has 1 aliphatic rings. The van der Waals surface area contributed by atoms with Crippen molar-refractivity contribution in [3.05, 3.63) is 41.4 Å². The smallest absolute Gasteiger partial charge is 0.223 e. The van der Waals surface area contributed by atoms with Gasteiger partial charge in [-0.25, -0.2) is 0 Å². The molecule has 0 saturated carbocycles. The average molecular weight is 298 g/mol. The summed E-state index contributed by atoms with van der Waals surface area (Å²) in [7, 11) is 3.37. The lowest BCUT2D eigenvalue weighted by molar-refractivity contribution is -0.686. The molecule has 3 aromatic rings. The first-order valence-corrected chi connectivity index (χ1v) is 7.84. The molecule has 2 aromatic heterocycles. The molecule has 21 heavy (non-hydrogen) atoms. The molecule has 0 radical (unpaired) electrons. The van der Waals surface area contributed by atoms with E-state index in [0.29, 0.717) is 0 Å². The fraction of sp³-hybridized carbons (Fsp3) is 0.235. The number of benzene rings is 1. The highest BCUT2D eigenvalue weighted by Crippen LogP contribution is 2.38. The maximum atomic E-state index is 5.56. The summed E-state index contributed by atoms with van der Waals surface area (Å²) in [4.78, 5) is 1.39. The van der Waals surface area contributed by atoms with Gasteiger partial charge in [-0.1, -0.05) is 0 Å². The highest BCUT2D eigenvalue weighted by molar-refractivity contribution is 7.13. The van der Waals surface area contributed by atoms with Crippen molar-refractivity contribution in [2.45, 2.75) is 13.0 Å². The Labute approximate surface area is 127 Å². The number of fused-ring (bicyclic) bond motifs is 4. The second-order valence-electron chi connectivity index (χ2n) is 5.18. The minimum absolute atomic E-state index is 0.776. The number of aryl methyl sites for hydroxylation is 2. The van der Waals surface area contributed by atoms with Gasteiger partial charge >= 0.3 is 0 Å². The molecule has 1 aromatic carbocycles. The molecule has 0 spiro atoms. The molecule has 1 aliphatic heterocycles. The predicted molar refractivity (Wildman–Crippen MR) is 84.3 cm³/mol. The minimum Gasteiger partial charge on any atom is -0.493 e. The number of thiophene rings is 1. The van der Waals surface area contributed by atoms with E-state index >= 15 is 0 Å². The molecule has 4 heteroatoms. The molecular formula is C17H16NO2S+. The Morgan fingerprint density at radius 1 is 1.14 bits per heavy atom. The van der Waals surface area contributed by atoms with E-state index < -0.39 is 0 Å². The van der Waals surface area contributed by atoms with Crippen molar-refractivity contribution in [2.24, 2.45) is 0 Å². The van der Waals surface area contributed by atoms with Crippen molar-refractivity contribution in [1.29, 1.82) is 0 Å². The number of nitrogens with zero attached hydrogens (tertiary/aromatic N) is 1. The second kappa shape index (κ2) is 4.74. The van der Waals surface area contributed by atoms with Gasteiger partial charge in [0.1, 0.15) is 4.88 Å². The Bertz CT molecular complexity index is 838. The van der Waals surface area contributed by atoms with Gasteiger partial charge in [0, 0.05) is 12.5 Å². The van der Waals surface area contributed by atoms with E-state index in [1.54, 1.807) is 14.2 Å². The van der Waals surface area contributed by atoms with Gasteiger partial charge in [-0.15, -0.1) is 11.3 Å². The first-order chi connectivity index (χ1) is 10.3. The Balaban J connectivity index is 2.02. The van der Waals surface area contributed by atoms with Gasteiger partial charge in [-0.3, -0.25) is 0 Å². The maximum absolute atomic E-state index is 5.56. The highest BCUT2D eigenvalue weighted by atomic mass is 32.1. The molecule has 0 fully saturated rings. The van der Waals surface area contributed by atoms with Gasteiger partial charge < -0.3 is 9.47 Å². The van der Waals surface area contributed by atoms with Crippen molar-refractivity contribution < 1.29 is 14.0 Å². The van der Waals surface area contributed by atoms with Crippen LogP contribution in [0.1, 0.15) is 5.56 Å². The third kappa shape index (κ3) is 1.83. The lowest BCUT2D eigenvalue weighted by Crippen LogP contribution is -2.39. The first-order valence-electron chi connectivity index (χ1n) is 6.96. The van der Waals surface area contributed by atoms with Crippen LogP contribution in [0.4, 0.5) is 0 Å². The summed E-state index contributed by atoms with van der Waals surface area (Å²) in [5.74, 6) is 1.58. The SMILES string of the molecule is COc1ccc2cc3[n+](cc2c1OC)CCc1ccsc1-3. The summed E-state index contributed by atoms with van der Waals surface area (Å²) >= 11 is 1.82. The first kappa shape index (κ1) is 12.7. The van der Waals surface area contributed by atoms with Crippen LogP contribution >= 0.6 is 11.3 Å². The number of methoxy groups -OCH3 is 2. The lowest BCUT2D eigenvalue weighted by Gasteiger charge is -2.14. The third-order valence-corrected chi connectivity index (χ3v) is 5.08. The molecule has 0 unspecified atom stereocenters. The molecule has 4 rings (SSSR count). The van der Waals surface area contributed by atoms with Crippen LogP contribution in [-0.2, 0) is 13.0 Å². The largest absolute Gasteiger partial charge is 0.493 e. The zero-order chi connectivity index (χ0) is 14.4. The van der Waals surface area contributed by atoms with Crippen molar-refractivity contribution in [2.75, 3.05) is 14.2 Å². The molecule has 106 valence electrons. The van der Waals surface area contributed by atoms with Gasteiger partial charge in [-0.2, -0.15) is 4.57 Å². The summed E-state index contributed by atoms with van der Waals surface area (Å²) in [6.45, 7) is 1.01. The quantitative estimate of drug-likeness (QED) is 0.676. The Kier molecular flexibility index (Phi) is 2.86. The number of rotatable bonds is 2. The van der Waals surface area contributed by atoms with Gasteiger partial charge in [0.25, 0.3) is 0 Å². The molecule has 3 heterocycles. The number of hydrogen-bond acceptors (Lipinski definition) is 3. The van der Waals surface area contributed by atoms with Crippen molar-refractivity contribution in [3.63, 3.8) is 0 Å². The van der Waals surface area contributed by atoms with E-state index in [1.807, 2.05) is 17.4 Å². The summed E-state index contributed by atoms with van der Waals surface area (Å²) in [6.07, 6.45) is 3.28. The van der Waals surface area contributed by atoms with Crippen molar-refractivity contribution >= 4 is 22.1 Å². The molecule has 0 bridgehead atoms. The van der Waals surface area contributed by atoms with Gasteiger partial charge in [0.2, 0.25) is 5.69 Å². The predicted octanol–water partition coefficient (Wildman–Crippen LogP) is 3.43. The van der Waals surface area contributed by atoms with Gasteiger partial charge in [-0.05, 0) is 34.5 Å². The van der Waals surface area contributed by atoms with Crippen LogP contribution in [0.25, 0.3) is 21.3 Å². The summed E-state index contributed by atoms with van der Waals surface area (Å²) in [5.41, 5.74) is 2.76. The topological polar surface area (TPSA) is 22.3 Å². The number of pyridine rings is 1. The van der Waals surface area contributed by atoms with E-state index in [-0.39, 0.29) is 0 Å². The van der Waals surface area contributed by atoms with Crippen molar-refractivity contribution in [1.82, 2.24) is 0 Å². The molecule has 0 amide bonds. The van der Waals surface area contributed by atoms with E-state index in [1.165, 1.54) is 21.5 Å². The number of aromatic nitrogens is 1. The van der Waals surface area contributed by atoms with E-state index in [9.17, 15) is 0 Å².